The number of hydrogen-bond donors (Lipinski definition) is 2. The van der Waals surface area contributed by atoms with E-state index in [9.17, 15) is 10.0 Å². The molecule has 0 fully saturated rings. The molecule has 0 amide bonds. The molecule has 4 bridgehead atoms. The van der Waals surface area contributed by atoms with Crippen LogP contribution in [-0.2, 0) is 25.7 Å². The fraction of sp³-hybridized carbons (Fsp3) is 0.143. The molecular formula is C28H26BNO2. The van der Waals surface area contributed by atoms with Gasteiger partial charge in [-0.15, -0.1) is 0 Å². The van der Waals surface area contributed by atoms with Crippen LogP contribution in [0.5, 0.6) is 0 Å². The molecule has 4 aliphatic rings. The van der Waals surface area contributed by atoms with Gasteiger partial charge in [0.05, 0.1) is 0 Å². The Morgan fingerprint density at radius 2 is 1.09 bits per heavy atom. The molecule has 4 aliphatic carbocycles. The molecule has 0 saturated heterocycles. The summed E-state index contributed by atoms with van der Waals surface area (Å²) in [6.07, 6.45) is 3.31. The third-order valence-electron chi connectivity index (χ3n) is 6.27. The number of para-hydroxylation sites is 2. The Labute approximate surface area is 189 Å². The van der Waals surface area contributed by atoms with Crippen molar-refractivity contribution in [3.63, 3.8) is 0 Å². The first kappa shape index (κ1) is 20.6. The van der Waals surface area contributed by atoms with E-state index in [1.54, 1.807) is 0 Å². The van der Waals surface area contributed by atoms with Crippen molar-refractivity contribution in [1.82, 2.24) is 0 Å². The van der Waals surface area contributed by atoms with Gasteiger partial charge in [0, 0.05) is 17.1 Å². The Morgan fingerprint density at radius 1 is 0.562 bits per heavy atom. The first-order valence-electron chi connectivity index (χ1n) is 11.2. The van der Waals surface area contributed by atoms with Crippen molar-refractivity contribution in [2.75, 3.05) is 4.90 Å². The Balaban J connectivity index is 1.62. The predicted molar refractivity (Wildman–Crippen MR) is 132 cm³/mol. The zero-order valence-electron chi connectivity index (χ0n) is 18.0. The van der Waals surface area contributed by atoms with E-state index in [2.05, 4.69) is 83.8 Å². The van der Waals surface area contributed by atoms with Crippen LogP contribution in [0.4, 0.5) is 17.1 Å². The van der Waals surface area contributed by atoms with E-state index >= 15 is 0 Å². The zero-order chi connectivity index (χ0) is 21.9. The van der Waals surface area contributed by atoms with Gasteiger partial charge in [-0.25, -0.2) is 0 Å². The smallest absolute Gasteiger partial charge is 0.423 e. The van der Waals surface area contributed by atoms with E-state index in [0.29, 0.717) is 5.46 Å². The lowest BCUT2D eigenvalue weighted by Gasteiger charge is -2.28. The molecule has 158 valence electrons. The highest BCUT2D eigenvalue weighted by molar-refractivity contribution is 6.59. The van der Waals surface area contributed by atoms with Gasteiger partial charge in [0.15, 0.2) is 0 Å². The molecule has 0 aromatic heterocycles. The highest BCUT2D eigenvalue weighted by Crippen LogP contribution is 2.37. The molecule has 3 nitrogen and oxygen atoms in total. The third kappa shape index (κ3) is 4.20. The molecule has 32 heavy (non-hydrogen) atoms. The summed E-state index contributed by atoms with van der Waals surface area (Å²) in [6, 6.07) is 33.9. The Kier molecular flexibility index (Phi) is 5.80. The summed E-state index contributed by atoms with van der Waals surface area (Å²) in [5.74, 6) is 0. The summed E-state index contributed by atoms with van der Waals surface area (Å²) in [4.78, 5) is 2.34. The fourth-order valence-electron chi connectivity index (χ4n) is 4.59. The molecule has 8 rings (SSSR count). The van der Waals surface area contributed by atoms with Gasteiger partial charge in [-0.1, -0.05) is 66.7 Å². The maximum Gasteiger partial charge on any atom is 0.488 e. The number of benzene rings is 4. The molecule has 4 aromatic rings. The van der Waals surface area contributed by atoms with Gasteiger partial charge in [0.25, 0.3) is 0 Å². The van der Waals surface area contributed by atoms with Gasteiger partial charge in [-0.05, 0) is 83.7 Å². The highest BCUT2D eigenvalue weighted by atomic mass is 16.4. The summed E-state index contributed by atoms with van der Waals surface area (Å²) in [5, 5.41) is 19.8. The van der Waals surface area contributed by atoms with Crippen molar-refractivity contribution in [3.05, 3.63) is 119 Å². The number of aryl methyl sites for hydroxylation is 4. The van der Waals surface area contributed by atoms with Crippen LogP contribution in [0.2, 0.25) is 0 Å². The van der Waals surface area contributed by atoms with Gasteiger partial charge in [-0.3, -0.25) is 0 Å². The molecular weight excluding hydrogens is 393 g/mol. The summed E-state index contributed by atoms with van der Waals surface area (Å²) in [7, 11) is -1.43. The van der Waals surface area contributed by atoms with Gasteiger partial charge >= 0.3 is 7.12 Å². The van der Waals surface area contributed by atoms with Crippen LogP contribution < -0.4 is 10.4 Å². The normalized spacial score (nSPS) is 12.8. The van der Waals surface area contributed by atoms with Gasteiger partial charge in [0.1, 0.15) is 0 Å². The Morgan fingerprint density at radius 3 is 1.69 bits per heavy atom. The van der Waals surface area contributed by atoms with E-state index in [-0.39, 0.29) is 0 Å². The van der Waals surface area contributed by atoms with Gasteiger partial charge < -0.3 is 14.9 Å². The maximum atomic E-state index is 9.88. The van der Waals surface area contributed by atoms with Crippen molar-refractivity contribution in [2.45, 2.75) is 25.7 Å². The second kappa shape index (κ2) is 9.03. The lowest BCUT2D eigenvalue weighted by molar-refractivity contribution is 0.425. The predicted octanol–water partition coefficient (Wildman–Crippen LogP) is 4.72. The average Bonchev–Trinajstić information content (AvgIpc) is 2.82. The Bertz CT molecular complexity index is 1170. The summed E-state index contributed by atoms with van der Waals surface area (Å²) >= 11 is 0. The minimum Gasteiger partial charge on any atom is -0.423 e. The molecule has 2 N–H and O–H groups in total. The molecule has 4 aromatic carbocycles. The van der Waals surface area contributed by atoms with Gasteiger partial charge in [-0.2, -0.15) is 0 Å². The minimum atomic E-state index is -1.43. The minimum absolute atomic E-state index is 0.632. The monoisotopic (exact) mass is 419 g/mol. The van der Waals surface area contributed by atoms with Crippen LogP contribution in [0.1, 0.15) is 22.3 Å². The largest absolute Gasteiger partial charge is 0.488 e. The first-order chi connectivity index (χ1) is 15.7. The van der Waals surface area contributed by atoms with E-state index < -0.39 is 7.12 Å². The van der Waals surface area contributed by atoms with E-state index in [4.69, 9.17) is 0 Å². The molecule has 0 radical (unpaired) electrons. The zero-order valence-corrected chi connectivity index (χ0v) is 18.0. The van der Waals surface area contributed by atoms with Crippen LogP contribution in [0.25, 0.3) is 0 Å². The van der Waals surface area contributed by atoms with Crippen molar-refractivity contribution < 1.29 is 10.0 Å². The standard InChI is InChI=1S/C28H26BNO2/c31-29(32)27-19-21-11-15-23(27)16-12-22-14-18-24(17-13-21)28(20-22)30(25-7-3-1-4-8-25)26-9-5-2-6-10-26/h1-11,14-15,18-20,31-32H,12-13,16-17H2. The Hall–Kier alpha value is -3.34. The van der Waals surface area contributed by atoms with Crippen molar-refractivity contribution >= 4 is 29.6 Å². The second-order valence-corrected chi connectivity index (χ2v) is 8.38. The van der Waals surface area contributed by atoms with Crippen LogP contribution in [0.3, 0.4) is 0 Å². The number of anilines is 3. The summed E-state index contributed by atoms with van der Waals surface area (Å²) in [6.45, 7) is 0. The maximum absolute atomic E-state index is 9.88. The molecule has 0 atom stereocenters. The number of hydrogen-bond acceptors (Lipinski definition) is 3. The van der Waals surface area contributed by atoms with E-state index in [1.807, 2.05) is 18.2 Å². The lowest BCUT2D eigenvalue weighted by Crippen LogP contribution is -2.33. The lowest BCUT2D eigenvalue weighted by atomic mass is 9.74. The molecule has 0 saturated carbocycles. The SMILES string of the molecule is OB(O)c1cc2ccc1CCc1ccc(c(N(c3ccccc3)c3ccccc3)c1)CC2. The quantitative estimate of drug-likeness (QED) is 0.471. The topological polar surface area (TPSA) is 43.7 Å². The number of rotatable bonds is 4. The van der Waals surface area contributed by atoms with Crippen LogP contribution in [0, 0.1) is 0 Å². The number of nitrogens with zero attached hydrogens (tertiary/aromatic N) is 1. The molecule has 0 aliphatic heterocycles. The second-order valence-electron chi connectivity index (χ2n) is 8.38. The van der Waals surface area contributed by atoms with E-state index in [0.717, 1.165) is 48.2 Å². The fourth-order valence-corrected chi connectivity index (χ4v) is 4.59. The molecule has 0 unspecified atom stereocenters. The summed E-state index contributed by atoms with van der Waals surface area (Å²) in [5.41, 5.74) is 8.75. The van der Waals surface area contributed by atoms with Crippen LogP contribution in [-0.4, -0.2) is 17.2 Å². The van der Waals surface area contributed by atoms with Crippen molar-refractivity contribution in [1.29, 1.82) is 0 Å². The van der Waals surface area contributed by atoms with E-state index in [1.165, 1.54) is 16.8 Å². The van der Waals surface area contributed by atoms with Crippen molar-refractivity contribution in [2.24, 2.45) is 0 Å². The molecule has 4 heteroatoms. The van der Waals surface area contributed by atoms with Crippen molar-refractivity contribution in [3.8, 4) is 0 Å². The summed E-state index contributed by atoms with van der Waals surface area (Å²) < 4.78 is 0. The highest BCUT2D eigenvalue weighted by Gasteiger charge is 2.20. The molecule has 0 heterocycles. The van der Waals surface area contributed by atoms with Gasteiger partial charge in [0.2, 0.25) is 0 Å². The van der Waals surface area contributed by atoms with Crippen LogP contribution in [0.15, 0.2) is 97.1 Å². The third-order valence-corrected chi connectivity index (χ3v) is 6.27. The first-order valence-corrected chi connectivity index (χ1v) is 11.2. The van der Waals surface area contributed by atoms with Crippen LogP contribution >= 0.6 is 0 Å². The average molecular weight is 419 g/mol. The molecule has 0 spiro atoms.